The molecule has 18 heavy (non-hydrogen) atoms. The van der Waals surface area contributed by atoms with Crippen LogP contribution in [0.4, 0.5) is 11.4 Å². The minimum atomic E-state index is -0.911. The van der Waals surface area contributed by atoms with E-state index in [1.807, 2.05) is 6.07 Å². The summed E-state index contributed by atoms with van der Waals surface area (Å²) in [7, 11) is 0. The summed E-state index contributed by atoms with van der Waals surface area (Å²) in [6.07, 6.45) is 0. The lowest BCUT2D eigenvalue weighted by Crippen LogP contribution is -1.96. The van der Waals surface area contributed by atoms with Gasteiger partial charge in [-0.2, -0.15) is 0 Å². The number of carboxylic acid groups (broad SMARTS) is 1. The van der Waals surface area contributed by atoms with Crippen molar-refractivity contribution in [3.05, 3.63) is 57.2 Å². The number of aromatic carboxylic acids is 1. The Morgan fingerprint density at radius 3 is 2.28 bits per heavy atom. The Bertz CT molecular complexity index is 579. The Kier molecular flexibility index (Phi) is 3.86. The van der Waals surface area contributed by atoms with Gasteiger partial charge in [0.15, 0.2) is 0 Å². The standard InChI is InChI=1S/C14H12INO2/c1-9-2-5-12(8-13(9)15)16-11-6-3-10(4-7-11)14(17)18/h2-8,16H,1H3,(H,17,18). The third kappa shape index (κ3) is 3.01. The number of halogens is 1. The lowest BCUT2D eigenvalue weighted by atomic mass is 10.2. The highest BCUT2D eigenvalue weighted by Crippen LogP contribution is 2.21. The van der Waals surface area contributed by atoms with Gasteiger partial charge >= 0.3 is 5.97 Å². The Hall–Kier alpha value is -1.56. The van der Waals surface area contributed by atoms with E-state index in [9.17, 15) is 4.79 Å². The summed E-state index contributed by atoms with van der Waals surface area (Å²) >= 11 is 2.29. The molecule has 2 aromatic carbocycles. The summed E-state index contributed by atoms with van der Waals surface area (Å²) in [5.74, 6) is -0.911. The maximum absolute atomic E-state index is 10.7. The van der Waals surface area contributed by atoms with Gasteiger partial charge in [-0.15, -0.1) is 0 Å². The Labute approximate surface area is 119 Å². The molecule has 0 fully saturated rings. The topological polar surface area (TPSA) is 49.3 Å². The van der Waals surface area contributed by atoms with Crippen LogP contribution < -0.4 is 5.32 Å². The molecule has 0 atom stereocenters. The first-order chi connectivity index (χ1) is 8.56. The van der Waals surface area contributed by atoms with Crippen LogP contribution in [0, 0.1) is 10.5 Å². The molecule has 0 saturated carbocycles. The average Bonchev–Trinajstić information content (AvgIpc) is 2.34. The lowest BCUT2D eigenvalue weighted by molar-refractivity contribution is 0.0697. The number of hydrogen-bond donors (Lipinski definition) is 2. The zero-order valence-electron chi connectivity index (χ0n) is 9.77. The van der Waals surface area contributed by atoms with Crippen molar-refractivity contribution >= 4 is 39.9 Å². The van der Waals surface area contributed by atoms with Crippen molar-refractivity contribution in [1.29, 1.82) is 0 Å². The predicted molar refractivity (Wildman–Crippen MR) is 80.6 cm³/mol. The van der Waals surface area contributed by atoms with Gasteiger partial charge in [0.2, 0.25) is 0 Å². The van der Waals surface area contributed by atoms with Crippen LogP contribution in [0.25, 0.3) is 0 Å². The van der Waals surface area contributed by atoms with E-state index in [1.165, 1.54) is 9.13 Å². The number of hydrogen-bond acceptors (Lipinski definition) is 2. The van der Waals surface area contributed by atoms with Gasteiger partial charge in [0.1, 0.15) is 0 Å². The van der Waals surface area contributed by atoms with Gasteiger partial charge in [0, 0.05) is 14.9 Å². The molecule has 0 aromatic heterocycles. The second kappa shape index (κ2) is 5.39. The molecule has 0 spiro atoms. The number of nitrogens with one attached hydrogen (secondary N) is 1. The fourth-order valence-corrected chi connectivity index (χ4v) is 2.05. The van der Waals surface area contributed by atoms with Crippen molar-refractivity contribution < 1.29 is 9.90 Å². The number of carbonyl (C=O) groups is 1. The van der Waals surface area contributed by atoms with E-state index < -0.39 is 5.97 Å². The fourth-order valence-electron chi connectivity index (χ4n) is 1.53. The number of benzene rings is 2. The quantitative estimate of drug-likeness (QED) is 0.819. The minimum Gasteiger partial charge on any atom is -0.478 e. The minimum absolute atomic E-state index is 0.291. The molecule has 4 heteroatoms. The third-order valence-corrected chi connectivity index (χ3v) is 3.75. The van der Waals surface area contributed by atoms with Gasteiger partial charge in [-0.3, -0.25) is 0 Å². The summed E-state index contributed by atoms with van der Waals surface area (Å²) < 4.78 is 1.19. The van der Waals surface area contributed by atoms with Crippen LogP contribution in [0.15, 0.2) is 42.5 Å². The largest absolute Gasteiger partial charge is 0.478 e. The molecule has 0 aliphatic heterocycles. The molecule has 0 amide bonds. The van der Waals surface area contributed by atoms with Crippen molar-refractivity contribution in [3.63, 3.8) is 0 Å². The Morgan fingerprint density at radius 2 is 1.72 bits per heavy atom. The van der Waals surface area contributed by atoms with Gasteiger partial charge in [-0.25, -0.2) is 4.79 Å². The maximum atomic E-state index is 10.7. The van der Waals surface area contributed by atoms with Gasteiger partial charge < -0.3 is 10.4 Å². The molecule has 0 unspecified atom stereocenters. The zero-order valence-corrected chi connectivity index (χ0v) is 11.9. The maximum Gasteiger partial charge on any atom is 0.335 e. The van der Waals surface area contributed by atoms with Crippen molar-refractivity contribution in [1.82, 2.24) is 0 Å². The van der Waals surface area contributed by atoms with Gasteiger partial charge in [-0.1, -0.05) is 6.07 Å². The second-order valence-electron chi connectivity index (χ2n) is 3.97. The zero-order chi connectivity index (χ0) is 13.1. The predicted octanol–water partition coefficient (Wildman–Crippen LogP) is 4.04. The van der Waals surface area contributed by atoms with E-state index >= 15 is 0 Å². The second-order valence-corrected chi connectivity index (χ2v) is 5.13. The normalized spacial score (nSPS) is 10.1. The highest BCUT2D eigenvalue weighted by molar-refractivity contribution is 14.1. The van der Waals surface area contributed by atoms with Crippen LogP contribution in [-0.2, 0) is 0 Å². The number of rotatable bonds is 3. The summed E-state index contributed by atoms with van der Waals surface area (Å²) in [6, 6.07) is 12.8. The molecular formula is C14H12INO2. The first kappa shape index (κ1) is 12.9. The van der Waals surface area contributed by atoms with Crippen LogP contribution in [0.3, 0.4) is 0 Å². The summed E-state index contributed by atoms with van der Waals surface area (Å²) in [5.41, 5.74) is 3.40. The van der Waals surface area contributed by atoms with Crippen LogP contribution in [0.1, 0.15) is 15.9 Å². The Balaban J connectivity index is 2.18. The van der Waals surface area contributed by atoms with Crippen molar-refractivity contribution in [2.75, 3.05) is 5.32 Å². The van der Waals surface area contributed by atoms with E-state index in [2.05, 4.69) is 47.0 Å². The van der Waals surface area contributed by atoms with Crippen molar-refractivity contribution in [2.24, 2.45) is 0 Å². The molecule has 2 N–H and O–H groups in total. The van der Waals surface area contributed by atoms with Crippen molar-refractivity contribution in [3.8, 4) is 0 Å². The highest BCUT2D eigenvalue weighted by Gasteiger charge is 2.02. The average molecular weight is 353 g/mol. The smallest absolute Gasteiger partial charge is 0.335 e. The van der Waals surface area contributed by atoms with Crippen LogP contribution in [0.5, 0.6) is 0 Å². The molecule has 0 aliphatic carbocycles. The van der Waals surface area contributed by atoms with E-state index in [-0.39, 0.29) is 0 Å². The first-order valence-corrected chi connectivity index (χ1v) is 6.50. The monoisotopic (exact) mass is 353 g/mol. The molecule has 0 bridgehead atoms. The molecule has 0 radical (unpaired) electrons. The number of anilines is 2. The molecular weight excluding hydrogens is 341 g/mol. The molecule has 3 nitrogen and oxygen atoms in total. The fraction of sp³-hybridized carbons (Fsp3) is 0.0714. The highest BCUT2D eigenvalue weighted by atomic mass is 127. The van der Waals surface area contributed by atoms with Gasteiger partial charge in [0.05, 0.1) is 5.56 Å². The molecule has 0 aliphatic rings. The first-order valence-electron chi connectivity index (χ1n) is 5.43. The summed E-state index contributed by atoms with van der Waals surface area (Å²) in [5, 5.41) is 12.1. The molecule has 2 rings (SSSR count). The van der Waals surface area contributed by atoms with Crippen LogP contribution in [-0.4, -0.2) is 11.1 Å². The Morgan fingerprint density at radius 1 is 1.11 bits per heavy atom. The van der Waals surface area contributed by atoms with E-state index in [0.29, 0.717) is 5.56 Å². The van der Waals surface area contributed by atoms with Gasteiger partial charge in [-0.05, 0) is 71.5 Å². The molecule has 2 aromatic rings. The van der Waals surface area contributed by atoms with Crippen molar-refractivity contribution in [2.45, 2.75) is 6.92 Å². The summed E-state index contributed by atoms with van der Waals surface area (Å²) in [4.78, 5) is 10.7. The van der Waals surface area contributed by atoms with Crippen LogP contribution in [0.2, 0.25) is 0 Å². The third-order valence-electron chi connectivity index (χ3n) is 2.59. The number of carboxylic acids is 1. The van der Waals surface area contributed by atoms with E-state index in [1.54, 1.807) is 24.3 Å². The molecule has 0 saturated heterocycles. The summed E-state index contributed by atoms with van der Waals surface area (Å²) in [6.45, 7) is 2.06. The number of aryl methyl sites for hydroxylation is 1. The van der Waals surface area contributed by atoms with Crippen LogP contribution >= 0.6 is 22.6 Å². The SMILES string of the molecule is Cc1ccc(Nc2ccc(C(=O)O)cc2)cc1I. The lowest BCUT2D eigenvalue weighted by Gasteiger charge is -2.08. The van der Waals surface area contributed by atoms with E-state index in [0.717, 1.165) is 11.4 Å². The van der Waals surface area contributed by atoms with E-state index in [4.69, 9.17) is 5.11 Å². The molecule has 92 valence electrons. The molecule has 0 heterocycles. The van der Waals surface area contributed by atoms with Gasteiger partial charge in [0.25, 0.3) is 0 Å².